The zero-order valence-electron chi connectivity index (χ0n) is 22.8. The van der Waals surface area contributed by atoms with Gasteiger partial charge in [0.1, 0.15) is 11.5 Å². The van der Waals surface area contributed by atoms with Crippen molar-refractivity contribution in [3.63, 3.8) is 0 Å². The second-order valence-electron chi connectivity index (χ2n) is 10.5. The highest BCUT2D eigenvalue weighted by molar-refractivity contribution is 6.04. The molecule has 0 aliphatic heterocycles. The maximum absolute atomic E-state index is 13.3. The molecule has 1 aromatic heterocycles. The molecular weight excluding hydrogens is 500 g/mol. The number of furan rings is 1. The molecule has 0 saturated carbocycles. The zero-order valence-corrected chi connectivity index (χ0v) is 22.8. The Labute approximate surface area is 233 Å². The van der Waals surface area contributed by atoms with Crippen molar-refractivity contribution in [1.29, 1.82) is 0 Å². The smallest absolute Gasteiger partial charge is 0.324 e. The molecule has 0 fully saturated rings. The standard InChI is InChI=1S/C35H30O5/c1-22-14-16-23(17-15-22)26-18-27-20-35(33(36)38-2,34(37)39-3)21-29-30(27)31(28(19-26)24-10-6-4-7-11-24)32(40-29)25-12-8-5-9-13-25/h4-19,28H,20-21H2,1-3H3. The summed E-state index contributed by atoms with van der Waals surface area (Å²) in [6.45, 7) is 2.06. The number of rotatable bonds is 5. The highest BCUT2D eigenvalue weighted by Crippen LogP contribution is 2.53. The molecule has 0 spiro atoms. The van der Waals surface area contributed by atoms with Gasteiger partial charge in [-0.2, -0.15) is 0 Å². The third-order valence-electron chi connectivity index (χ3n) is 8.01. The van der Waals surface area contributed by atoms with Crippen LogP contribution < -0.4 is 0 Å². The predicted molar refractivity (Wildman–Crippen MR) is 154 cm³/mol. The van der Waals surface area contributed by atoms with Crippen molar-refractivity contribution in [2.45, 2.75) is 25.7 Å². The van der Waals surface area contributed by atoms with Gasteiger partial charge in [-0.1, -0.05) is 103 Å². The molecule has 4 aromatic rings. The number of hydrogen-bond donors (Lipinski definition) is 0. The summed E-state index contributed by atoms with van der Waals surface area (Å²) < 4.78 is 17.0. The Bertz CT molecular complexity index is 1620. The number of esters is 2. The van der Waals surface area contributed by atoms with Crippen LogP contribution in [0.25, 0.3) is 22.5 Å². The van der Waals surface area contributed by atoms with Crippen molar-refractivity contribution >= 4 is 23.1 Å². The average molecular weight is 531 g/mol. The van der Waals surface area contributed by atoms with Gasteiger partial charge >= 0.3 is 11.9 Å². The molecule has 1 heterocycles. The van der Waals surface area contributed by atoms with Gasteiger partial charge in [0.25, 0.3) is 0 Å². The fourth-order valence-corrected chi connectivity index (χ4v) is 6.05. The van der Waals surface area contributed by atoms with Crippen LogP contribution in [0.1, 0.15) is 45.9 Å². The molecule has 0 N–H and O–H groups in total. The summed E-state index contributed by atoms with van der Waals surface area (Å²) in [6, 6.07) is 28.7. The van der Waals surface area contributed by atoms with E-state index in [4.69, 9.17) is 13.9 Å². The molecule has 2 aliphatic carbocycles. The summed E-state index contributed by atoms with van der Waals surface area (Å²) in [4.78, 5) is 26.6. The van der Waals surface area contributed by atoms with Crippen LogP contribution in [0.15, 0.2) is 101 Å². The lowest BCUT2D eigenvalue weighted by Crippen LogP contribution is -2.45. The Morgan fingerprint density at radius 1 is 0.800 bits per heavy atom. The maximum Gasteiger partial charge on any atom is 0.324 e. The van der Waals surface area contributed by atoms with E-state index in [0.29, 0.717) is 5.76 Å². The van der Waals surface area contributed by atoms with Crippen LogP contribution >= 0.6 is 0 Å². The van der Waals surface area contributed by atoms with Crippen LogP contribution in [0.4, 0.5) is 0 Å². The fourth-order valence-electron chi connectivity index (χ4n) is 6.05. The first kappa shape index (κ1) is 25.6. The average Bonchev–Trinajstić information content (AvgIpc) is 3.29. The molecule has 1 atom stereocenters. The summed E-state index contributed by atoms with van der Waals surface area (Å²) in [6.07, 6.45) is 4.56. The summed E-state index contributed by atoms with van der Waals surface area (Å²) in [5, 5.41) is 0. The second-order valence-corrected chi connectivity index (χ2v) is 10.5. The van der Waals surface area contributed by atoms with Crippen molar-refractivity contribution in [3.05, 3.63) is 131 Å². The van der Waals surface area contributed by atoms with Gasteiger partial charge in [-0.15, -0.1) is 0 Å². The van der Waals surface area contributed by atoms with Crippen LogP contribution in [-0.4, -0.2) is 26.2 Å². The van der Waals surface area contributed by atoms with Gasteiger partial charge in [-0.05, 0) is 29.2 Å². The Morgan fingerprint density at radius 2 is 1.43 bits per heavy atom. The van der Waals surface area contributed by atoms with Crippen molar-refractivity contribution in [1.82, 2.24) is 0 Å². The van der Waals surface area contributed by atoms with Crippen molar-refractivity contribution in [2.75, 3.05) is 14.2 Å². The van der Waals surface area contributed by atoms with Crippen LogP contribution in [0.5, 0.6) is 0 Å². The van der Waals surface area contributed by atoms with E-state index in [9.17, 15) is 9.59 Å². The molecule has 0 saturated heterocycles. The lowest BCUT2D eigenvalue weighted by atomic mass is 9.70. The number of methoxy groups -OCH3 is 2. The number of allylic oxidation sites excluding steroid dienone is 4. The van der Waals surface area contributed by atoms with Gasteiger partial charge in [-0.25, -0.2) is 0 Å². The quantitative estimate of drug-likeness (QED) is 0.203. The van der Waals surface area contributed by atoms with Gasteiger partial charge in [0.05, 0.1) is 14.2 Å². The molecule has 0 bridgehead atoms. The van der Waals surface area contributed by atoms with Gasteiger partial charge in [0.15, 0.2) is 5.41 Å². The highest BCUT2D eigenvalue weighted by atomic mass is 16.5. The monoisotopic (exact) mass is 530 g/mol. The van der Waals surface area contributed by atoms with Crippen molar-refractivity contribution < 1.29 is 23.5 Å². The van der Waals surface area contributed by atoms with Crippen molar-refractivity contribution in [2.24, 2.45) is 5.41 Å². The second kappa shape index (κ2) is 10.2. The van der Waals surface area contributed by atoms with E-state index in [1.165, 1.54) is 19.8 Å². The minimum Gasteiger partial charge on any atom is -0.468 e. The molecular formula is C35H30O5. The molecule has 0 amide bonds. The molecule has 5 heteroatoms. The first-order chi connectivity index (χ1) is 19.4. The lowest BCUT2D eigenvalue weighted by molar-refractivity contribution is -0.169. The summed E-state index contributed by atoms with van der Waals surface area (Å²) in [7, 11) is 2.60. The molecule has 200 valence electrons. The van der Waals surface area contributed by atoms with Crippen molar-refractivity contribution in [3.8, 4) is 11.3 Å². The fraction of sp³-hybridized carbons (Fsp3) is 0.200. The minimum absolute atomic E-state index is 0.0558. The number of aryl methyl sites for hydroxylation is 1. The lowest BCUT2D eigenvalue weighted by Gasteiger charge is -2.32. The molecule has 0 radical (unpaired) electrons. The molecule has 2 aliphatic rings. The highest BCUT2D eigenvalue weighted by Gasteiger charge is 2.54. The Morgan fingerprint density at radius 3 is 2.05 bits per heavy atom. The van der Waals surface area contributed by atoms with E-state index < -0.39 is 17.4 Å². The summed E-state index contributed by atoms with van der Waals surface area (Å²) in [5.74, 6) is -0.0682. The molecule has 40 heavy (non-hydrogen) atoms. The number of carbonyl (C=O) groups is 2. The van der Waals surface area contributed by atoms with E-state index in [-0.39, 0.29) is 18.8 Å². The molecule has 5 nitrogen and oxygen atoms in total. The van der Waals surface area contributed by atoms with E-state index >= 15 is 0 Å². The summed E-state index contributed by atoms with van der Waals surface area (Å²) in [5.41, 5.74) is 6.58. The first-order valence-electron chi connectivity index (χ1n) is 13.4. The largest absolute Gasteiger partial charge is 0.468 e. The van der Waals surface area contributed by atoms with Gasteiger partial charge in [0.2, 0.25) is 0 Å². The van der Waals surface area contributed by atoms with Crippen LogP contribution in [-0.2, 0) is 25.5 Å². The predicted octanol–water partition coefficient (Wildman–Crippen LogP) is 7.15. The third-order valence-corrected chi connectivity index (χ3v) is 8.01. The maximum atomic E-state index is 13.3. The Kier molecular flexibility index (Phi) is 6.51. The molecule has 6 rings (SSSR count). The zero-order chi connectivity index (χ0) is 27.9. The first-order valence-corrected chi connectivity index (χ1v) is 13.4. The van der Waals surface area contributed by atoms with Gasteiger partial charge in [-0.3, -0.25) is 9.59 Å². The number of hydrogen-bond acceptors (Lipinski definition) is 5. The van der Waals surface area contributed by atoms with Crippen LogP contribution in [0.3, 0.4) is 0 Å². The van der Waals surface area contributed by atoms with Crippen LogP contribution in [0, 0.1) is 12.3 Å². The van der Waals surface area contributed by atoms with E-state index in [2.05, 4.69) is 55.5 Å². The molecule has 1 unspecified atom stereocenters. The normalized spacial score (nSPS) is 17.1. The summed E-state index contributed by atoms with van der Waals surface area (Å²) >= 11 is 0. The number of carbonyl (C=O) groups excluding carboxylic acids is 2. The number of benzene rings is 3. The minimum atomic E-state index is -1.55. The third kappa shape index (κ3) is 4.19. The number of ether oxygens (including phenoxy) is 2. The van der Waals surface area contributed by atoms with Gasteiger partial charge in [0, 0.05) is 35.4 Å². The SMILES string of the molecule is COC(=O)C1(C(=O)OC)CC2=CC(c3ccc(C)cc3)=CC(c3ccccc3)c3c(-c4ccccc4)oc(c32)C1. The molecule has 3 aromatic carbocycles. The Balaban J connectivity index is 1.68. The van der Waals surface area contributed by atoms with E-state index in [1.807, 2.05) is 48.5 Å². The Hall–Kier alpha value is -4.64. The van der Waals surface area contributed by atoms with Gasteiger partial charge < -0.3 is 13.9 Å². The topological polar surface area (TPSA) is 65.7 Å². The van der Waals surface area contributed by atoms with E-state index in [1.54, 1.807) is 0 Å². The van der Waals surface area contributed by atoms with E-state index in [0.717, 1.165) is 44.7 Å². The van der Waals surface area contributed by atoms with Crippen LogP contribution in [0.2, 0.25) is 0 Å².